The van der Waals surface area contributed by atoms with Crippen LogP contribution in [0.2, 0.25) is 0 Å². The summed E-state index contributed by atoms with van der Waals surface area (Å²) in [5.41, 5.74) is 0. The Morgan fingerprint density at radius 1 is 1.33 bits per heavy atom. The van der Waals surface area contributed by atoms with Crippen LogP contribution in [0.5, 0.6) is 0 Å². The van der Waals surface area contributed by atoms with Crippen molar-refractivity contribution in [1.29, 1.82) is 0 Å². The third-order valence-electron chi connectivity index (χ3n) is 2.00. The second-order valence-corrected chi connectivity index (χ2v) is 3.93. The first kappa shape index (κ1) is 16.7. The summed E-state index contributed by atoms with van der Waals surface area (Å²) in [5, 5.41) is 8.49. The molecular weight excluding hydrogens is 255 g/mol. The molecule has 0 aromatic carbocycles. The molecule has 1 amide bonds. The molecule has 0 fully saturated rings. The molecule has 0 atom stereocenters. The Morgan fingerprint density at radius 3 is 2.28 bits per heavy atom. The lowest BCUT2D eigenvalue weighted by Crippen LogP contribution is -2.41. The highest BCUT2D eigenvalue weighted by Crippen LogP contribution is 2.14. The van der Waals surface area contributed by atoms with Gasteiger partial charge >= 0.3 is 12.1 Å². The highest BCUT2D eigenvalue weighted by atomic mass is 19.4. The minimum absolute atomic E-state index is 0.0544. The highest BCUT2D eigenvalue weighted by Gasteiger charge is 2.28. The summed E-state index contributed by atoms with van der Waals surface area (Å²) in [6, 6.07) is -0.300. The van der Waals surface area contributed by atoms with Crippen LogP contribution in [-0.2, 0) is 14.3 Å². The number of carboxylic acids is 1. The zero-order valence-electron chi connectivity index (χ0n) is 10.2. The Kier molecular flexibility index (Phi) is 6.67. The van der Waals surface area contributed by atoms with Gasteiger partial charge in [-0.05, 0) is 13.8 Å². The standard InChI is InChI=1S/C10H16F3NO4/c1-7(2)14(4-3-9(16)17)8(15)5-18-6-10(11,12)13/h7H,3-6H2,1-2H3,(H,16,17). The normalized spacial score (nSPS) is 11.7. The van der Waals surface area contributed by atoms with Gasteiger partial charge in [0.2, 0.25) is 5.91 Å². The van der Waals surface area contributed by atoms with Crippen LogP contribution in [0.1, 0.15) is 20.3 Å². The number of amides is 1. The molecule has 0 aromatic rings. The summed E-state index contributed by atoms with van der Waals surface area (Å²) in [5.74, 6) is -1.74. The molecule has 0 aliphatic heterocycles. The summed E-state index contributed by atoms with van der Waals surface area (Å²) in [6.07, 6.45) is -4.74. The van der Waals surface area contributed by atoms with E-state index in [1.807, 2.05) is 0 Å². The van der Waals surface area contributed by atoms with E-state index in [4.69, 9.17) is 5.11 Å². The van der Waals surface area contributed by atoms with E-state index >= 15 is 0 Å². The molecule has 0 radical (unpaired) electrons. The molecule has 0 saturated carbocycles. The zero-order valence-corrected chi connectivity index (χ0v) is 10.2. The van der Waals surface area contributed by atoms with Crippen molar-refractivity contribution in [1.82, 2.24) is 4.90 Å². The van der Waals surface area contributed by atoms with Crippen LogP contribution >= 0.6 is 0 Å². The number of rotatable bonds is 7. The van der Waals surface area contributed by atoms with E-state index in [-0.39, 0.29) is 19.0 Å². The maximum absolute atomic E-state index is 11.8. The lowest BCUT2D eigenvalue weighted by Gasteiger charge is -2.26. The second-order valence-electron chi connectivity index (χ2n) is 3.93. The van der Waals surface area contributed by atoms with Gasteiger partial charge in [-0.15, -0.1) is 0 Å². The average molecular weight is 271 g/mol. The van der Waals surface area contributed by atoms with Crippen molar-refractivity contribution in [2.75, 3.05) is 19.8 Å². The smallest absolute Gasteiger partial charge is 0.411 e. The van der Waals surface area contributed by atoms with Gasteiger partial charge < -0.3 is 14.7 Å². The van der Waals surface area contributed by atoms with Crippen molar-refractivity contribution in [2.45, 2.75) is 32.5 Å². The second kappa shape index (κ2) is 7.20. The molecule has 0 rings (SSSR count). The van der Waals surface area contributed by atoms with Gasteiger partial charge in [-0.3, -0.25) is 9.59 Å². The predicted molar refractivity (Wildman–Crippen MR) is 56.0 cm³/mol. The van der Waals surface area contributed by atoms with Crippen LogP contribution in [0.25, 0.3) is 0 Å². The molecule has 0 heterocycles. The number of carbonyl (C=O) groups is 2. The summed E-state index contributed by atoms with van der Waals surface area (Å²) in [6.45, 7) is 1.02. The first-order chi connectivity index (χ1) is 8.13. The van der Waals surface area contributed by atoms with Crippen molar-refractivity contribution >= 4 is 11.9 Å². The third kappa shape index (κ3) is 7.88. The molecule has 0 aliphatic rings. The molecule has 1 N–H and O–H groups in total. The van der Waals surface area contributed by atoms with Gasteiger partial charge in [0.05, 0.1) is 6.42 Å². The van der Waals surface area contributed by atoms with E-state index in [1.54, 1.807) is 13.8 Å². The predicted octanol–water partition coefficient (Wildman–Crippen LogP) is 1.28. The number of hydrogen-bond donors (Lipinski definition) is 1. The van der Waals surface area contributed by atoms with Crippen LogP contribution < -0.4 is 0 Å². The topological polar surface area (TPSA) is 66.8 Å². The van der Waals surface area contributed by atoms with Crippen LogP contribution in [0, 0.1) is 0 Å². The maximum atomic E-state index is 11.8. The van der Waals surface area contributed by atoms with Gasteiger partial charge in [-0.25, -0.2) is 0 Å². The van der Waals surface area contributed by atoms with Gasteiger partial charge in [0, 0.05) is 12.6 Å². The number of carbonyl (C=O) groups excluding carboxylic acids is 1. The molecule has 0 bridgehead atoms. The number of ether oxygens (including phenoxy) is 1. The first-order valence-electron chi connectivity index (χ1n) is 5.29. The van der Waals surface area contributed by atoms with Crippen LogP contribution in [0.3, 0.4) is 0 Å². The van der Waals surface area contributed by atoms with Crippen molar-refractivity contribution in [3.8, 4) is 0 Å². The number of hydrogen-bond acceptors (Lipinski definition) is 3. The molecule has 0 aromatic heterocycles. The SMILES string of the molecule is CC(C)N(CCC(=O)O)C(=O)COCC(F)(F)F. The van der Waals surface area contributed by atoms with Crippen LogP contribution in [-0.4, -0.2) is 53.9 Å². The number of carboxylic acid groups (broad SMARTS) is 1. The molecule has 0 aliphatic carbocycles. The Morgan fingerprint density at radius 2 is 1.89 bits per heavy atom. The number of alkyl halides is 3. The summed E-state index contributed by atoms with van der Waals surface area (Å²) in [7, 11) is 0. The van der Waals surface area contributed by atoms with Crippen LogP contribution in [0.15, 0.2) is 0 Å². The first-order valence-corrected chi connectivity index (χ1v) is 5.29. The molecule has 0 saturated heterocycles. The minimum Gasteiger partial charge on any atom is -0.481 e. The maximum Gasteiger partial charge on any atom is 0.411 e. The van der Waals surface area contributed by atoms with Crippen molar-refractivity contribution < 1.29 is 32.6 Å². The number of nitrogens with zero attached hydrogens (tertiary/aromatic N) is 1. The molecule has 8 heteroatoms. The fourth-order valence-electron chi connectivity index (χ4n) is 1.22. The van der Waals surface area contributed by atoms with Gasteiger partial charge in [0.25, 0.3) is 0 Å². The van der Waals surface area contributed by atoms with Crippen molar-refractivity contribution in [3.63, 3.8) is 0 Å². The van der Waals surface area contributed by atoms with Gasteiger partial charge in [-0.2, -0.15) is 13.2 Å². The molecular formula is C10H16F3NO4. The largest absolute Gasteiger partial charge is 0.481 e. The monoisotopic (exact) mass is 271 g/mol. The molecule has 106 valence electrons. The van der Waals surface area contributed by atoms with Crippen molar-refractivity contribution in [2.24, 2.45) is 0 Å². The molecule has 18 heavy (non-hydrogen) atoms. The average Bonchev–Trinajstić information content (AvgIpc) is 2.14. The molecule has 0 spiro atoms. The van der Waals surface area contributed by atoms with E-state index in [0.29, 0.717) is 0 Å². The van der Waals surface area contributed by atoms with Crippen molar-refractivity contribution in [3.05, 3.63) is 0 Å². The van der Waals surface area contributed by atoms with Gasteiger partial charge in [0.15, 0.2) is 0 Å². The van der Waals surface area contributed by atoms with Gasteiger partial charge in [-0.1, -0.05) is 0 Å². The van der Waals surface area contributed by atoms with E-state index in [1.165, 1.54) is 4.90 Å². The van der Waals surface area contributed by atoms with E-state index in [2.05, 4.69) is 4.74 Å². The van der Waals surface area contributed by atoms with E-state index < -0.39 is 31.3 Å². The number of halogens is 3. The fraction of sp³-hybridized carbons (Fsp3) is 0.800. The summed E-state index contributed by atoms with van der Waals surface area (Å²) >= 11 is 0. The Bertz CT molecular complexity index is 291. The van der Waals surface area contributed by atoms with Crippen LogP contribution in [0.4, 0.5) is 13.2 Å². The minimum atomic E-state index is -4.48. The highest BCUT2D eigenvalue weighted by molar-refractivity contribution is 5.78. The number of aliphatic carboxylic acids is 1. The third-order valence-corrected chi connectivity index (χ3v) is 2.00. The lowest BCUT2D eigenvalue weighted by molar-refractivity contribution is -0.178. The van der Waals surface area contributed by atoms with E-state index in [9.17, 15) is 22.8 Å². The summed E-state index contributed by atoms with van der Waals surface area (Å²) < 4.78 is 39.6. The Balaban J connectivity index is 4.19. The molecule has 0 unspecified atom stereocenters. The van der Waals surface area contributed by atoms with E-state index in [0.717, 1.165) is 0 Å². The van der Waals surface area contributed by atoms with Gasteiger partial charge in [0.1, 0.15) is 13.2 Å². The Labute approximate surface area is 103 Å². The quantitative estimate of drug-likeness (QED) is 0.757. The zero-order chi connectivity index (χ0) is 14.3. The summed E-state index contributed by atoms with van der Waals surface area (Å²) in [4.78, 5) is 23.1. The lowest BCUT2D eigenvalue weighted by atomic mass is 10.3. The molecule has 5 nitrogen and oxygen atoms in total. The Hall–Kier alpha value is -1.31. The fourth-order valence-corrected chi connectivity index (χ4v) is 1.22.